The van der Waals surface area contributed by atoms with Gasteiger partial charge in [-0.15, -0.1) is 0 Å². The molecule has 16 heavy (non-hydrogen) atoms. The smallest absolute Gasteiger partial charge is 0.0399 e. The van der Waals surface area contributed by atoms with Gasteiger partial charge in [-0.1, -0.05) is 19.1 Å². The summed E-state index contributed by atoms with van der Waals surface area (Å²) in [4.78, 5) is 5.04. The molecule has 2 heteroatoms. The minimum absolute atomic E-state index is 1.16. The van der Waals surface area contributed by atoms with Crippen LogP contribution in [0, 0.1) is 13.8 Å². The number of nitrogens with zero attached hydrogens (tertiary/aromatic N) is 2. The molecule has 88 valence electrons. The van der Waals surface area contributed by atoms with E-state index in [1.807, 2.05) is 0 Å². The second kappa shape index (κ2) is 4.88. The van der Waals surface area contributed by atoms with Gasteiger partial charge in [-0.25, -0.2) is 0 Å². The molecule has 1 aliphatic heterocycles. The molecule has 0 aliphatic carbocycles. The molecule has 0 bridgehead atoms. The van der Waals surface area contributed by atoms with Crippen molar-refractivity contribution in [2.45, 2.75) is 20.8 Å². The highest BCUT2D eigenvalue weighted by molar-refractivity contribution is 5.56. The SMILES string of the molecule is CCN1CCN(c2cccc(C)c2C)CC1. The molecule has 2 nitrogen and oxygen atoms in total. The number of hydrogen-bond acceptors (Lipinski definition) is 2. The van der Waals surface area contributed by atoms with E-state index in [1.165, 1.54) is 36.4 Å². The summed E-state index contributed by atoms with van der Waals surface area (Å²) in [5.74, 6) is 0. The number of rotatable bonds is 2. The molecule has 0 N–H and O–H groups in total. The van der Waals surface area contributed by atoms with Gasteiger partial charge in [-0.2, -0.15) is 0 Å². The van der Waals surface area contributed by atoms with Crippen LogP contribution in [0.3, 0.4) is 0 Å². The van der Waals surface area contributed by atoms with E-state index in [1.54, 1.807) is 0 Å². The van der Waals surface area contributed by atoms with E-state index in [9.17, 15) is 0 Å². The molecule has 0 radical (unpaired) electrons. The summed E-state index contributed by atoms with van der Waals surface area (Å²) in [6.07, 6.45) is 0. The van der Waals surface area contributed by atoms with Gasteiger partial charge in [0.2, 0.25) is 0 Å². The van der Waals surface area contributed by atoms with Crippen LogP contribution in [0.2, 0.25) is 0 Å². The molecule has 1 heterocycles. The first-order chi connectivity index (χ1) is 7.72. The quantitative estimate of drug-likeness (QED) is 0.752. The van der Waals surface area contributed by atoms with Gasteiger partial charge < -0.3 is 9.80 Å². The Morgan fingerprint density at radius 1 is 1.06 bits per heavy atom. The number of benzene rings is 1. The third-order valence-electron chi connectivity index (χ3n) is 3.74. The highest BCUT2D eigenvalue weighted by atomic mass is 15.3. The molecule has 0 saturated carbocycles. The minimum Gasteiger partial charge on any atom is -0.369 e. The average Bonchev–Trinajstić information content (AvgIpc) is 2.33. The monoisotopic (exact) mass is 218 g/mol. The molecule has 2 rings (SSSR count). The zero-order chi connectivity index (χ0) is 11.5. The number of piperazine rings is 1. The van der Waals surface area contributed by atoms with Crippen molar-refractivity contribution < 1.29 is 0 Å². The minimum atomic E-state index is 1.16. The molecular weight excluding hydrogens is 196 g/mol. The van der Waals surface area contributed by atoms with E-state index in [2.05, 4.69) is 48.8 Å². The van der Waals surface area contributed by atoms with Gasteiger partial charge in [-0.3, -0.25) is 0 Å². The van der Waals surface area contributed by atoms with Gasteiger partial charge in [0.15, 0.2) is 0 Å². The van der Waals surface area contributed by atoms with E-state index in [-0.39, 0.29) is 0 Å². The van der Waals surface area contributed by atoms with Crippen LogP contribution in [0.5, 0.6) is 0 Å². The van der Waals surface area contributed by atoms with Crippen LogP contribution in [0.4, 0.5) is 5.69 Å². The first-order valence-corrected chi connectivity index (χ1v) is 6.26. The maximum absolute atomic E-state index is 2.52. The fraction of sp³-hybridized carbons (Fsp3) is 0.571. The standard InChI is InChI=1S/C14H22N2/c1-4-15-8-10-16(11-9-15)14-7-5-6-12(2)13(14)3/h5-7H,4,8-11H2,1-3H3. The topological polar surface area (TPSA) is 6.48 Å². The van der Waals surface area contributed by atoms with Gasteiger partial charge in [0.1, 0.15) is 0 Å². The van der Waals surface area contributed by atoms with E-state index in [4.69, 9.17) is 0 Å². The Morgan fingerprint density at radius 3 is 2.38 bits per heavy atom. The zero-order valence-electron chi connectivity index (χ0n) is 10.7. The summed E-state index contributed by atoms with van der Waals surface area (Å²) in [5.41, 5.74) is 4.26. The molecule has 0 spiro atoms. The van der Waals surface area contributed by atoms with Crippen LogP contribution in [0.15, 0.2) is 18.2 Å². The first kappa shape index (κ1) is 11.5. The first-order valence-electron chi connectivity index (χ1n) is 6.26. The predicted molar refractivity (Wildman–Crippen MR) is 70.2 cm³/mol. The molecule has 1 fully saturated rings. The highest BCUT2D eigenvalue weighted by Crippen LogP contribution is 2.23. The second-order valence-corrected chi connectivity index (χ2v) is 4.64. The lowest BCUT2D eigenvalue weighted by atomic mass is 10.1. The molecule has 0 amide bonds. The van der Waals surface area contributed by atoms with Crippen molar-refractivity contribution in [2.24, 2.45) is 0 Å². The Balaban J connectivity index is 2.11. The lowest BCUT2D eigenvalue weighted by Gasteiger charge is -2.36. The fourth-order valence-electron chi connectivity index (χ4n) is 2.38. The van der Waals surface area contributed by atoms with Gasteiger partial charge in [0, 0.05) is 31.9 Å². The van der Waals surface area contributed by atoms with E-state index >= 15 is 0 Å². The largest absolute Gasteiger partial charge is 0.369 e. The van der Waals surface area contributed by atoms with Crippen molar-refractivity contribution in [3.8, 4) is 0 Å². The Kier molecular flexibility index (Phi) is 3.49. The van der Waals surface area contributed by atoms with Crippen molar-refractivity contribution in [1.82, 2.24) is 4.90 Å². The Bertz CT molecular complexity index is 352. The summed E-state index contributed by atoms with van der Waals surface area (Å²) >= 11 is 0. The van der Waals surface area contributed by atoms with Gasteiger partial charge >= 0.3 is 0 Å². The van der Waals surface area contributed by atoms with Crippen LogP contribution >= 0.6 is 0 Å². The molecule has 0 atom stereocenters. The van der Waals surface area contributed by atoms with E-state index in [0.29, 0.717) is 0 Å². The van der Waals surface area contributed by atoms with Crippen molar-refractivity contribution in [3.63, 3.8) is 0 Å². The van der Waals surface area contributed by atoms with Crippen LogP contribution in [0.1, 0.15) is 18.1 Å². The third kappa shape index (κ3) is 2.22. The predicted octanol–water partition coefficient (Wildman–Crippen LogP) is 2.45. The van der Waals surface area contributed by atoms with Crippen LogP contribution in [-0.2, 0) is 0 Å². The summed E-state index contributed by atoms with van der Waals surface area (Å²) in [5, 5.41) is 0. The Hall–Kier alpha value is -1.02. The summed E-state index contributed by atoms with van der Waals surface area (Å²) in [6.45, 7) is 12.6. The Labute approximate surface area is 98.9 Å². The molecule has 1 aliphatic rings. The maximum atomic E-state index is 2.52. The summed E-state index contributed by atoms with van der Waals surface area (Å²) < 4.78 is 0. The van der Waals surface area contributed by atoms with Gasteiger partial charge in [0.05, 0.1) is 0 Å². The van der Waals surface area contributed by atoms with Crippen molar-refractivity contribution >= 4 is 5.69 Å². The zero-order valence-corrected chi connectivity index (χ0v) is 10.7. The maximum Gasteiger partial charge on any atom is 0.0399 e. The summed E-state index contributed by atoms with van der Waals surface area (Å²) in [6, 6.07) is 6.62. The normalized spacial score (nSPS) is 17.8. The number of likely N-dealkylation sites (N-methyl/N-ethyl adjacent to an activating group) is 1. The Morgan fingerprint density at radius 2 is 1.75 bits per heavy atom. The fourth-order valence-corrected chi connectivity index (χ4v) is 2.38. The molecule has 0 unspecified atom stereocenters. The number of anilines is 1. The third-order valence-corrected chi connectivity index (χ3v) is 3.74. The van der Waals surface area contributed by atoms with Gasteiger partial charge in [-0.05, 0) is 37.6 Å². The molecular formula is C14H22N2. The lowest BCUT2D eigenvalue weighted by Crippen LogP contribution is -2.46. The number of aryl methyl sites for hydroxylation is 1. The highest BCUT2D eigenvalue weighted by Gasteiger charge is 2.17. The van der Waals surface area contributed by atoms with Crippen LogP contribution in [-0.4, -0.2) is 37.6 Å². The van der Waals surface area contributed by atoms with Crippen LogP contribution in [0.25, 0.3) is 0 Å². The second-order valence-electron chi connectivity index (χ2n) is 4.64. The van der Waals surface area contributed by atoms with Crippen molar-refractivity contribution in [3.05, 3.63) is 29.3 Å². The molecule has 0 aromatic heterocycles. The number of hydrogen-bond donors (Lipinski definition) is 0. The van der Waals surface area contributed by atoms with Crippen LogP contribution < -0.4 is 4.90 Å². The van der Waals surface area contributed by atoms with E-state index < -0.39 is 0 Å². The van der Waals surface area contributed by atoms with E-state index in [0.717, 1.165) is 13.1 Å². The summed E-state index contributed by atoms with van der Waals surface area (Å²) in [7, 11) is 0. The molecule has 1 saturated heterocycles. The van der Waals surface area contributed by atoms with Crippen molar-refractivity contribution in [1.29, 1.82) is 0 Å². The van der Waals surface area contributed by atoms with Crippen molar-refractivity contribution in [2.75, 3.05) is 37.6 Å². The average molecular weight is 218 g/mol. The lowest BCUT2D eigenvalue weighted by molar-refractivity contribution is 0.271. The van der Waals surface area contributed by atoms with Gasteiger partial charge in [0.25, 0.3) is 0 Å². The molecule has 1 aromatic rings. The molecule has 1 aromatic carbocycles.